The molecular weight excluding hydrogens is 155 g/mol. The van der Waals surface area contributed by atoms with Gasteiger partial charge in [0.1, 0.15) is 0 Å². The average molecular weight is 162 g/mol. The van der Waals surface area contributed by atoms with Gasteiger partial charge in [-0.1, -0.05) is 0 Å². The number of rotatable bonds is 1. The van der Waals surface area contributed by atoms with Crippen molar-refractivity contribution in [2.45, 2.75) is 6.42 Å². The molecule has 2 N–H and O–H groups in total. The molecule has 2 aliphatic heterocycles. The first kappa shape index (κ1) is 7.45. The molecule has 0 unspecified atom stereocenters. The lowest BCUT2D eigenvalue weighted by molar-refractivity contribution is 0.417. The van der Waals surface area contributed by atoms with E-state index in [4.69, 9.17) is 10.0 Å². The van der Waals surface area contributed by atoms with Crippen LogP contribution in [0.4, 0.5) is 0 Å². The molecule has 0 amide bonds. The highest BCUT2D eigenvalue weighted by molar-refractivity contribution is 6.51. The van der Waals surface area contributed by atoms with Gasteiger partial charge in [0.15, 0.2) is 5.84 Å². The lowest BCUT2D eigenvalue weighted by atomic mass is 9.75. The van der Waals surface area contributed by atoms with Crippen molar-refractivity contribution in [1.29, 1.82) is 0 Å². The molecule has 0 bridgehead atoms. The molecule has 2 heterocycles. The fourth-order valence-corrected chi connectivity index (χ4v) is 1.18. The SMILES string of the molecule is OB(O)C1=CN=C2N=CC=C2C1. The molecule has 0 aromatic carbocycles. The number of hydrogen-bond donors (Lipinski definition) is 2. The van der Waals surface area contributed by atoms with E-state index in [0.717, 1.165) is 5.57 Å². The quantitative estimate of drug-likeness (QED) is 0.519. The van der Waals surface area contributed by atoms with Crippen LogP contribution in [0.25, 0.3) is 0 Å². The van der Waals surface area contributed by atoms with Crippen molar-refractivity contribution in [3.63, 3.8) is 0 Å². The minimum absolute atomic E-state index is 0.510. The van der Waals surface area contributed by atoms with Gasteiger partial charge in [0.2, 0.25) is 0 Å². The van der Waals surface area contributed by atoms with Crippen molar-refractivity contribution in [1.82, 2.24) is 0 Å². The summed E-state index contributed by atoms with van der Waals surface area (Å²) in [5.41, 5.74) is 1.45. The molecule has 0 radical (unpaired) electrons. The number of nitrogens with zero attached hydrogens (tertiary/aromatic N) is 2. The summed E-state index contributed by atoms with van der Waals surface area (Å²) in [7, 11) is -1.41. The highest BCUT2D eigenvalue weighted by Crippen LogP contribution is 2.21. The topological polar surface area (TPSA) is 65.2 Å². The summed E-state index contributed by atoms with van der Waals surface area (Å²) in [6.45, 7) is 0. The maximum Gasteiger partial charge on any atom is 0.486 e. The van der Waals surface area contributed by atoms with E-state index in [1.807, 2.05) is 6.08 Å². The number of allylic oxidation sites excluding steroid dienone is 2. The normalized spacial score (nSPS) is 19.7. The van der Waals surface area contributed by atoms with Crippen molar-refractivity contribution in [2.75, 3.05) is 0 Å². The molecule has 0 saturated carbocycles. The van der Waals surface area contributed by atoms with Crippen LogP contribution in [0.1, 0.15) is 6.42 Å². The van der Waals surface area contributed by atoms with Crippen LogP contribution in [-0.2, 0) is 0 Å². The lowest BCUT2D eigenvalue weighted by Crippen LogP contribution is -2.18. The van der Waals surface area contributed by atoms with Gasteiger partial charge >= 0.3 is 7.12 Å². The number of fused-ring (bicyclic) bond motifs is 1. The Kier molecular flexibility index (Phi) is 1.67. The third-order valence-corrected chi connectivity index (χ3v) is 1.84. The van der Waals surface area contributed by atoms with Crippen LogP contribution in [0.3, 0.4) is 0 Å². The van der Waals surface area contributed by atoms with Gasteiger partial charge in [0, 0.05) is 18.0 Å². The van der Waals surface area contributed by atoms with Gasteiger partial charge < -0.3 is 10.0 Å². The van der Waals surface area contributed by atoms with Crippen LogP contribution in [0.2, 0.25) is 0 Å². The molecule has 0 fully saturated rings. The monoisotopic (exact) mass is 162 g/mol. The third-order valence-electron chi connectivity index (χ3n) is 1.84. The largest absolute Gasteiger partial charge is 0.486 e. The Bertz CT molecular complexity index is 328. The molecule has 0 aromatic rings. The zero-order valence-corrected chi connectivity index (χ0v) is 6.31. The Hall–Kier alpha value is -1.20. The van der Waals surface area contributed by atoms with Crippen molar-refractivity contribution in [3.05, 3.63) is 23.3 Å². The lowest BCUT2D eigenvalue weighted by Gasteiger charge is -2.10. The van der Waals surface area contributed by atoms with Gasteiger partial charge in [-0.2, -0.15) is 0 Å². The van der Waals surface area contributed by atoms with Gasteiger partial charge in [0.05, 0.1) is 0 Å². The van der Waals surface area contributed by atoms with Crippen LogP contribution in [0.15, 0.2) is 33.3 Å². The van der Waals surface area contributed by atoms with E-state index in [-0.39, 0.29) is 0 Å². The number of hydrogen-bond acceptors (Lipinski definition) is 4. The fourth-order valence-electron chi connectivity index (χ4n) is 1.18. The molecule has 5 heteroatoms. The smallest absolute Gasteiger partial charge is 0.423 e. The number of amidine groups is 1. The molecule has 2 aliphatic rings. The van der Waals surface area contributed by atoms with Crippen LogP contribution < -0.4 is 0 Å². The minimum atomic E-state index is -1.41. The molecule has 0 aromatic heterocycles. The number of aliphatic imine (C=N–C) groups is 2. The molecule has 60 valence electrons. The van der Waals surface area contributed by atoms with Gasteiger partial charge in [-0.05, 0) is 18.0 Å². The second-order valence-corrected chi connectivity index (χ2v) is 2.68. The second kappa shape index (κ2) is 2.69. The first-order valence-corrected chi connectivity index (χ1v) is 3.64. The maximum absolute atomic E-state index is 8.85. The van der Waals surface area contributed by atoms with Crippen molar-refractivity contribution in [3.8, 4) is 0 Å². The summed E-state index contributed by atoms with van der Waals surface area (Å²) in [6.07, 6.45) is 5.47. The first-order chi connectivity index (χ1) is 5.77. The molecule has 0 atom stereocenters. The maximum atomic E-state index is 8.85. The van der Waals surface area contributed by atoms with E-state index in [0.29, 0.717) is 17.7 Å². The molecular formula is C7H7BN2O2. The van der Waals surface area contributed by atoms with Crippen molar-refractivity contribution >= 4 is 19.2 Å². The van der Waals surface area contributed by atoms with Crippen LogP contribution in [0.5, 0.6) is 0 Å². The first-order valence-electron chi connectivity index (χ1n) is 3.64. The van der Waals surface area contributed by atoms with Gasteiger partial charge in [-0.25, -0.2) is 9.98 Å². The molecule has 2 rings (SSSR count). The van der Waals surface area contributed by atoms with Crippen molar-refractivity contribution in [2.24, 2.45) is 9.98 Å². The Morgan fingerprint density at radius 1 is 1.42 bits per heavy atom. The zero-order chi connectivity index (χ0) is 8.55. The molecule has 12 heavy (non-hydrogen) atoms. The minimum Gasteiger partial charge on any atom is -0.423 e. The second-order valence-electron chi connectivity index (χ2n) is 2.68. The van der Waals surface area contributed by atoms with E-state index >= 15 is 0 Å². The zero-order valence-electron chi connectivity index (χ0n) is 6.31. The van der Waals surface area contributed by atoms with E-state index in [1.165, 1.54) is 6.20 Å². The third kappa shape index (κ3) is 1.13. The summed E-state index contributed by atoms with van der Waals surface area (Å²) < 4.78 is 0. The van der Waals surface area contributed by atoms with Crippen molar-refractivity contribution < 1.29 is 10.0 Å². The fraction of sp³-hybridized carbons (Fsp3) is 0.143. The summed E-state index contributed by atoms with van der Waals surface area (Å²) in [4.78, 5) is 7.94. The summed E-state index contributed by atoms with van der Waals surface area (Å²) in [5.74, 6) is 0.680. The van der Waals surface area contributed by atoms with E-state index < -0.39 is 7.12 Å². The molecule has 0 aliphatic carbocycles. The van der Waals surface area contributed by atoms with Crippen LogP contribution in [-0.4, -0.2) is 29.2 Å². The molecule has 0 saturated heterocycles. The average Bonchev–Trinajstić information content (AvgIpc) is 2.49. The Labute approximate surface area is 69.8 Å². The summed E-state index contributed by atoms with van der Waals surface area (Å²) >= 11 is 0. The van der Waals surface area contributed by atoms with Gasteiger partial charge in [0.25, 0.3) is 0 Å². The summed E-state index contributed by atoms with van der Waals surface area (Å²) in [5, 5.41) is 17.7. The van der Waals surface area contributed by atoms with Gasteiger partial charge in [-0.15, -0.1) is 0 Å². The molecule has 4 nitrogen and oxygen atoms in total. The van der Waals surface area contributed by atoms with E-state index in [9.17, 15) is 0 Å². The van der Waals surface area contributed by atoms with E-state index in [1.54, 1.807) is 6.21 Å². The highest BCUT2D eigenvalue weighted by Gasteiger charge is 2.22. The van der Waals surface area contributed by atoms with E-state index in [2.05, 4.69) is 9.98 Å². The van der Waals surface area contributed by atoms with Crippen LogP contribution >= 0.6 is 0 Å². The predicted octanol–water partition coefficient (Wildman–Crippen LogP) is -0.305. The Balaban J connectivity index is 2.28. The molecule has 0 spiro atoms. The Morgan fingerprint density at radius 2 is 2.25 bits per heavy atom. The predicted molar refractivity (Wildman–Crippen MR) is 46.9 cm³/mol. The summed E-state index contributed by atoms with van der Waals surface area (Å²) in [6, 6.07) is 0. The Morgan fingerprint density at radius 3 is 3.00 bits per heavy atom. The standard InChI is InChI=1S/C7H7BN2O2/c11-8(12)6-3-5-1-2-9-7(5)10-4-6/h1-2,4,11-12H,3H2. The highest BCUT2D eigenvalue weighted by atomic mass is 16.4. The van der Waals surface area contributed by atoms with Gasteiger partial charge in [-0.3, -0.25) is 0 Å². The van der Waals surface area contributed by atoms with Crippen LogP contribution in [0, 0.1) is 0 Å².